The van der Waals surface area contributed by atoms with Crippen molar-refractivity contribution in [3.63, 3.8) is 0 Å². The van der Waals surface area contributed by atoms with Gasteiger partial charge in [-0.3, -0.25) is 4.79 Å². The van der Waals surface area contributed by atoms with E-state index in [2.05, 4.69) is 11.9 Å². The predicted octanol–water partition coefficient (Wildman–Crippen LogP) is 4.93. The molecule has 0 radical (unpaired) electrons. The Balaban J connectivity index is 1.72. The highest BCUT2D eigenvalue weighted by Gasteiger charge is 2.18. The number of ketones is 1. The standard InChI is InChI=1S/C21H22ClF2NO/c1-25-6-4-14(5-7-25)8-15-9-16(11-18(24)10-15)12-21(26)19-3-2-17(23)13-20(19)22/h2-3,9-11,13-14H,4-8,12H2,1H3. The maximum atomic E-state index is 14.0. The number of benzene rings is 2. The fraction of sp³-hybridized carbons (Fsp3) is 0.381. The van der Waals surface area contributed by atoms with E-state index in [1.165, 1.54) is 18.2 Å². The Morgan fingerprint density at radius 3 is 2.46 bits per heavy atom. The number of rotatable bonds is 5. The van der Waals surface area contributed by atoms with Crippen molar-refractivity contribution in [2.75, 3.05) is 20.1 Å². The SMILES string of the molecule is CN1CCC(Cc2cc(F)cc(CC(=O)c3ccc(F)cc3Cl)c2)CC1. The Morgan fingerprint density at radius 1 is 1.08 bits per heavy atom. The average molecular weight is 378 g/mol. The summed E-state index contributed by atoms with van der Waals surface area (Å²) in [5.74, 6) is -0.518. The molecule has 26 heavy (non-hydrogen) atoms. The van der Waals surface area contributed by atoms with Crippen LogP contribution in [-0.4, -0.2) is 30.8 Å². The van der Waals surface area contributed by atoms with Crippen LogP contribution in [0.3, 0.4) is 0 Å². The number of piperidine rings is 1. The van der Waals surface area contributed by atoms with Gasteiger partial charge in [-0.2, -0.15) is 0 Å². The molecule has 2 aromatic rings. The summed E-state index contributed by atoms with van der Waals surface area (Å²) >= 11 is 5.95. The lowest BCUT2D eigenvalue weighted by atomic mass is 9.89. The maximum absolute atomic E-state index is 14.0. The molecule has 2 nitrogen and oxygen atoms in total. The van der Waals surface area contributed by atoms with E-state index in [1.807, 2.05) is 6.07 Å². The number of hydrogen-bond donors (Lipinski definition) is 0. The molecule has 1 fully saturated rings. The van der Waals surface area contributed by atoms with Gasteiger partial charge < -0.3 is 4.90 Å². The summed E-state index contributed by atoms with van der Waals surface area (Å²) in [4.78, 5) is 14.8. The van der Waals surface area contributed by atoms with Crippen LogP contribution in [0.5, 0.6) is 0 Å². The van der Waals surface area contributed by atoms with Gasteiger partial charge in [0.05, 0.1) is 5.02 Å². The van der Waals surface area contributed by atoms with Crippen LogP contribution in [0.15, 0.2) is 36.4 Å². The fourth-order valence-electron chi connectivity index (χ4n) is 3.53. The van der Waals surface area contributed by atoms with Crippen LogP contribution < -0.4 is 0 Å². The van der Waals surface area contributed by atoms with E-state index < -0.39 is 5.82 Å². The van der Waals surface area contributed by atoms with Gasteiger partial charge in [-0.15, -0.1) is 0 Å². The van der Waals surface area contributed by atoms with E-state index in [4.69, 9.17) is 11.6 Å². The van der Waals surface area contributed by atoms with Crippen LogP contribution in [0.2, 0.25) is 5.02 Å². The van der Waals surface area contributed by atoms with Gasteiger partial charge in [-0.1, -0.05) is 17.7 Å². The normalized spacial score (nSPS) is 16.0. The van der Waals surface area contributed by atoms with Crippen molar-refractivity contribution < 1.29 is 13.6 Å². The van der Waals surface area contributed by atoms with E-state index in [9.17, 15) is 13.6 Å². The molecule has 0 aromatic heterocycles. The molecule has 0 atom stereocenters. The quantitative estimate of drug-likeness (QED) is 0.689. The summed E-state index contributed by atoms with van der Waals surface area (Å²) in [6.07, 6.45) is 3.08. The monoisotopic (exact) mass is 377 g/mol. The first-order valence-electron chi connectivity index (χ1n) is 8.86. The molecular weight excluding hydrogens is 356 g/mol. The van der Waals surface area contributed by atoms with E-state index in [1.54, 1.807) is 6.07 Å². The van der Waals surface area contributed by atoms with Crippen LogP contribution >= 0.6 is 11.6 Å². The van der Waals surface area contributed by atoms with Crippen molar-refractivity contribution in [3.05, 3.63) is 69.7 Å². The molecule has 1 aliphatic rings. The third-order valence-electron chi connectivity index (χ3n) is 4.98. The molecule has 0 saturated carbocycles. The summed E-state index contributed by atoms with van der Waals surface area (Å²) < 4.78 is 27.2. The van der Waals surface area contributed by atoms with Crippen molar-refractivity contribution in [3.8, 4) is 0 Å². The summed E-state index contributed by atoms with van der Waals surface area (Å²) in [6, 6.07) is 8.53. The first-order valence-corrected chi connectivity index (χ1v) is 9.23. The molecule has 2 aromatic carbocycles. The lowest BCUT2D eigenvalue weighted by molar-refractivity contribution is 0.0993. The molecule has 138 valence electrons. The lowest BCUT2D eigenvalue weighted by Gasteiger charge is -2.29. The topological polar surface area (TPSA) is 20.3 Å². The first kappa shape index (κ1) is 19.0. The van der Waals surface area contributed by atoms with Gasteiger partial charge in [0.15, 0.2) is 5.78 Å². The van der Waals surface area contributed by atoms with Crippen LogP contribution in [0, 0.1) is 17.6 Å². The van der Waals surface area contributed by atoms with Gasteiger partial charge in [-0.05, 0) is 86.8 Å². The molecule has 1 saturated heterocycles. The molecular formula is C21H22ClF2NO. The number of likely N-dealkylation sites (tertiary alicyclic amines) is 1. The minimum atomic E-state index is -0.488. The van der Waals surface area contributed by atoms with E-state index >= 15 is 0 Å². The molecule has 1 heterocycles. The van der Waals surface area contributed by atoms with Crippen molar-refractivity contribution >= 4 is 17.4 Å². The van der Waals surface area contributed by atoms with Crippen LogP contribution in [-0.2, 0) is 12.8 Å². The number of nitrogens with zero attached hydrogens (tertiary/aromatic N) is 1. The molecule has 0 amide bonds. The summed E-state index contributed by atoms with van der Waals surface area (Å²) in [5, 5.41) is 0.0814. The Bertz CT molecular complexity index is 801. The average Bonchev–Trinajstić information content (AvgIpc) is 2.56. The molecule has 0 N–H and O–H groups in total. The van der Waals surface area contributed by atoms with E-state index in [-0.39, 0.29) is 28.6 Å². The van der Waals surface area contributed by atoms with Crippen LogP contribution in [0.25, 0.3) is 0 Å². The maximum Gasteiger partial charge on any atom is 0.168 e. The second-order valence-electron chi connectivity index (χ2n) is 7.14. The smallest absolute Gasteiger partial charge is 0.168 e. The molecule has 0 spiro atoms. The summed E-state index contributed by atoms with van der Waals surface area (Å²) in [5.41, 5.74) is 1.81. The summed E-state index contributed by atoms with van der Waals surface area (Å²) in [7, 11) is 2.11. The van der Waals surface area contributed by atoms with Gasteiger partial charge in [-0.25, -0.2) is 8.78 Å². The number of Topliss-reactive ketones (excluding diaryl/α,β-unsaturated/α-hetero) is 1. The molecule has 0 bridgehead atoms. The lowest BCUT2D eigenvalue weighted by Crippen LogP contribution is -2.30. The van der Waals surface area contributed by atoms with Gasteiger partial charge in [0.25, 0.3) is 0 Å². The highest BCUT2D eigenvalue weighted by Crippen LogP contribution is 2.24. The van der Waals surface area contributed by atoms with Crippen molar-refractivity contribution in [2.24, 2.45) is 5.92 Å². The third-order valence-corrected chi connectivity index (χ3v) is 5.29. The Kier molecular flexibility index (Phi) is 6.05. The Hall–Kier alpha value is -1.78. The minimum absolute atomic E-state index is 0.0452. The largest absolute Gasteiger partial charge is 0.306 e. The van der Waals surface area contributed by atoms with E-state index in [0.717, 1.165) is 44.0 Å². The Labute approximate surface area is 157 Å². The van der Waals surface area contributed by atoms with Crippen LogP contribution in [0.1, 0.15) is 34.3 Å². The zero-order valence-electron chi connectivity index (χ0n) is 14.8. The highest BCUT2D eigenvalue weighted by atomic mass is 35.5. The van der Waals surface area contributed by atoms with E-state index in [0.29, 0.717) is 11.5 Å². The Morgan fingerprint density at radius 2 is 1.77 bits per heavy atom. The highest BCUT2D eigenvalue weighted by molar-refractivity contribution is 6.34. The minimum Gasteiger partial charge on any atom is -0.306 e. The predicted molar refractivity (Wildman–Crippen MR) is 99.8 cm³/mol. The molecule has 0 aliphatic carbocycles. The molecule has 0 unspecified atom stereocenters. The number of halogens is 3. The van der Waals surface area contributed by atoms with Crippen molar-refractivity contribution in [1.29, 1.82) is 0 Å². The molecule has 3 rings (SSSR count). The van der Waals surface area contributed by atoms with Crippen molar-refractivity contribution in [2.45, 2.75) is 25.7 Å². The third kappa shape index (κ3) is 4.89. The zero-order chi connectivity index (χ0) is 18.7. The first-order chi connectivity index (χ1) is 12.4. The molecule has 1 aliphatic heterocycles. The second kappa shape index (κ2) is 8.28. The fourth-order valence-corrected chi connectivity index (χ4v) is 3.81. The van der Waals surface area contributed by atoms with Crippen molar-refractivity contribution in [1.82, 2.24) is 4.90 Å². The number of carbonyl (C=O) groups excluding carboxylic acids is 1. The molecule has 5 heteroatoms. The zero-order valence-corrected chi connectivity index (χ0v) is 15.5. The van der Waals surface area contributed by atoms with Crippen LogP contribution in [0.4, 0.5) is 8.78 Å². The second-order valence-corrected chi connectivity index (χ2v) is 7.55. The number of hydrogen-bond acceptors (Lipinski definition) is 2. The van der Waals surface area contributed by atoms with Gasteiger partial charge in [0.1, 0.15) is 11.6 Å². The van der Waals surface area contributed by atoms with Gasteiger partial charge >= 0.3 is 0 Å². The van der Waals surface area contributed by atoms with Gasteiger partial charge in [0.2, 0.25) is 0 Å². The van der Waals surface area contributed by atoms with Gasteiger partial charge in [0, 0.05) is 12.0 Å². The number of carbonyl (C=O) groups is 1. The summed E-state index contributed by atoms with van der Waals surface area (Å²) in [6.45, 7) is 2.13.